The lowest BCUT2D eigenvalue weighted by molar-refractivity contribution is -0.344. The Labute approximate surface area is 327 Å². The molecule has 0 bridgehead atoms. The van der Waals surface area contributed by atoms with Gasteiger partial charge in [-0.25, -0.2) is 4.70 Å². The van der Waals surface area contributed by atoms with Gasteiger partial charge < -0.3 is 15.3 Å². The number of rotatable bonds is 25. The van der Waals surface area contributed by atoms with Crippen LogP contribution in [0, 0.1) is 11.8 Å². The normalized spacial score (nSPS) is 12.7. The Morgan fingerprint density at radius 3 is 1.23 bits per heavy atom. The number of nitrogens with zero attached hydrogens (tertiary/aromatic N) is 4. The molecule has 0 aliphatic carbocycles. The van der Waals surface area contributed by atoms with Crippen LogP contribution in [0.2, 0.25) is 0 Å². The van der Waals surface area contributed by atoms with Crippen LogP contribution in [0.5, 0.6) is 0 Å². The van der Waals surface area contributed by atoms with E-state index in [1.54, 1.807) is 0 Å². The summed E-state index contributed by atoms with van der Waals surface area (Å²) >= 11 is 0. The Morgan fingerprint density at radius 2 is 0.887 bits per heavy atom. The largest absolute Gasteiger partial charge is 0.493 e. The van der Waals surface area contributed by atoms with Crippen molar-refractivity contribution in [3.63, 3.8) is 0 Å². The van der Waals surface area contributed by atoms with Gasteiger partial charge in [-0.3, -0.25) is 0 Å². The number of allylic oxidation sites excluding steroid dienone is 2. The number of unbranched alkanes of at least 4 members (excludes halogenated alkanes) is 9. The fourth-order valence-corrected chi connectivity index (χ4v) is 8.08. The van der Waals surface area contributed by atoms with Crippen LogP contribution in [0.4, 0.5) is 11.4 Å². The summed E-state index contributed by atoms with van der Waals surface area (Å²) in [7, 11) is 0. The first-order chi connectivity index (χ1) is 25.9. The minimum Gasteiger partial charge on any atom is -0.493 e. The molecule has 0 aromatic heterocycles. The second-order valence-corrected chi connectivity index (χ2v) is 15.1. The highest BCUT2D eigenvalue weighted by Gasteiger charge is 2.31. The standard InChI is InChI=1S/C49H76N4/c1-10-19-24-29-39-34-44(35-40(30-25-20-11-2)47(39)51(15-6)16-7)46-38-43(33-28-23-14-5)49(53(46)50)45-36-41(31-26-21-12-3)48(52(17-8)18-9)42(37-45)32-27-22-13-4/h34-38H,10-27,29-32H2,1-9H3. The molecule has 0 fully saturated rings. The fourth-order valence-electron chi connectivity index (χ4n) is 8.08. The summed E-state index contributed by atoms with van der Waals surface area (Å²) in [5.74, 6) is 7.01. The number of anilines is 2. The van der Waals surface area contributed by atoms with Gasteiger partial charge in [0.15, 0.2) is 0 Å². The predicted molar refractivity (Wildman–Crippen MR) is 234 cm³/mol. The summed E-state index contributed by atoms with van der Waals surface area (Å²) in [6.45, 7) is 24.5. The topological polar surface area (TPSA) is 31.8 Å². The monoisotopic (exact) mass is 721 g/mol. The van der Waals surface area contributed by atoms with Crippen LogP contribution in [0.15, 0.2) is 35.9 Å². The summed E-state index contributed by atoms with van der Waals surface area (Å²) in [5.41, 5.74) is 25.8. The lowest BCUT2D eigenvalue weighted by atomic mass is 9.92. The average Bonchev–Trinajstić information content (AvgIpc) is 3.49. The minimum absolute atomic E-state index is 0.844. The van der Waals surface area contributed by atoms with Crippen LogP contribution in [0.1, 0.15) is 186 Å². The van der Waals surface area contributed by atoms with Gasteiger partial charge in [0.2, 0.25) is 11.4 Å². The Hall–Kier alpha value is -3.32. The molecule has 1 aliphatic heterocycles. The van der Waals surface area contributed by atoms with Crippen molar-refractivity contribution in [2.75, 3.05) is 36.0 Å². The second-order valence-electron chi connectivity index (χ2n) is 15.1. The number of hydrogen-bond acceptors (Lipinski definition) is 2. The maximum atomic E-state index is 12.5. The second kappa shape index (κ2) is 24.2. The maximum Gasteiger partial charge on any atom is 0.223 e. The first-order valence-corrected chi connectivity index (χ1v) is 22.1. The number of hydrogen-bond donors (Lipinski definition) is 0. The van der Waals surface area contributed by atoms with Crippen molar-refractivity contribution in [1.82, 2.24) is 0 Å². The van der Waals surface area contributed by atoms with Crippen molar-refractivity contribution in [3.05, 3.63) is 74.8 Å². The molecule has 292 valence electrons. The lowest BCUT2D eigenvalue weighted by Gasteiger charge is -2.29. The molecule has 0 spiro atoms. The molecule has 2 aromatic rings. The number of aryl methyl sites for hydroxylation is 4. The quantitative estimate of drug-likeness (QED) is 0.0581. The minimum atomic E-state index is 0.844. The van der Waals surface area contributed by atoms with Gasteiger partial charge in [-0.1, -0.05) is 97.8 Å². The van der Waals surface area contributed by atoms with Crippen LogP contribution in [-0.4, -0.2) is 30.9 Å². The Bertz CT molecular complexity index is 1490. The van der Waals surface area contributed by atoms with E-state index in [1.807, 2.05) is 0 Å². The van der Waals surface area contributed by atoms with Crippen molar-refractivity contribution in [2.45, 2.75) is 178 Å². The molecule has 4 heteroatoms. The summed E-state index contributed by atoms with van der Waals surface area (Å²) < 4.78 is 1.51. The third-order valence-electron chi connectivity index (χ3n) is 11.0. The van der Waals surface area contributed by atoms with Crippen molar-refractivity contribution >= 4 is 22.8 Å². The van der Waals surface area contributed by atoms with Gasteiger partial charge >= 0.3 is 0 Å². The number of benzene rings is 2. The van der Waals surface area contributed by atoms with Crippen molar-refractivity contribution in [2.24, 2.45) is 0 Å². The molecule has 1 aliphatic rings. The van der Waals surface area contributed by atoms with E-state index in [-0.39, 0.29) is 0 Å². The zero-order valence-corrected chi connectivity index (χ0v) is 35.7. The molecule has 0 amide bonds. The van der Waals surface area contributed by atoms with Crippen molar-refractivity contribution < 1.29 is 4.70 Å². The van der Waals surface area contributed by atoms with E-state index in [0.717, 1.165) is 92.8 Å². The van der Waals surface area contributed by atoms with Crippen LogP contribution in [0.25, 0.3) is 16.9 Å². The Balaban J connectivity index is 2.30. The van der Waals surface area contributed by atoms with E-state index in [0.29, 0.717) is 0 Å². The molecule has 53 heavy (non-hydrogen) atoms. The average molecular weight is 721 g/mol. The molecule has 0 saturated carbocycles. The first kappa shape index (κ1) is 44.1. The molecule has 0 atom stereocenters. The van der Waals surface area contributed by atoms with Crippen LogP contribution >= 0.6 is 0 Å². The molecule has 0 unspecified atom stereocenters. The van der Waals surface area contributed by atoms with E-state index in [2.05, 4.69) is 114 Å². The molecule has 0 radical (unpaired) electrons. The van der Waals surface area contributed by atoms with Gasteiger partial charge in [0.1, 0.15) is 5.57 Å². The summed E-state index contributed by atoms with van der Waals surface area (Å²) in [6.07, 6.45) is 22.8. The fraction of sp³-hybridized carbons (Fsp3) is 0.633. The van der Waals surface area contributed by atoms with E-state index in [1.165, 1.54) is 115 Å². The van der Waals surface area contributed by atoms with Gasteiger partial charge in [-0.2, -0.15) is 0 Å². The third kappa shape index (κ3) is 12.1. The third-order valence-corrected chi connectivity index (χ3v) is 11.0. The molecular formula is C49H76N4. The molecule has 1 heterocycles. The summed E-state index contributed by atoms with van der Waals surface area (Å²) in [6, 6.07) is 9.60. The zero-order chi connectivity index (χ0) is 38.6. The molecular weight excluding hydrogens is 645 g/mol. The Kier molecular flexibility index (Phi) is 20.1. The van der Waals surface area contributed by atoms with Gasteiger partial charge in [-0.15, -0.1) is 0 Å². The highest BCUT2D eigenvalue weighted by molar-refractivity contribution is 5.84. The lowest BCUT2D eigenvalue weighted by Crippen LogP contribution is -2.25. The smallest absolute Gasteiger partial charge is 0.223 e. The highest BCUT2D eigenvalue weighted by atomic mass is 15.2. The highest BCUT2D eigenvalue weighted by Crippen LogP contribution is 2.41. The van der Waals surface area contributed by atoms with E-state index in [4.69, 9.17) is 0 Å². The molecule has 2 aromatic carbocycles. The SMILES string of the molecule is CCCC#CC1=C(c2cc(CCCCC)c(N(CC)CC)c(CCCCC)c2)[N+](=[N-])C(c2cc(CCCCC)c(N(CC)CC)c(CCCCC)c2)=C1. The van der Waals surface area contributed by atoms with E-state index in [9.17, 15) is 5.53 Å². The molecule has 0 saturated heterocycles. The van der Waals surface area contributed by atoms with E-state index < -0.39 is 0 Å². The molecule has 4 nitrogen and oxygen atoms in total. The predicted octanol–water partition coefficient (Wildman–Crippen LogP) is 13.9. The molecule has 0 N–H and O–H groups in total. The Morgan fingerprint density at radius 1 is 0.509 bits per heavy atom. The first-order valence-electron chi connectivity index (χ1n) is 22.1. The summed E-state index contributed by atoms with van der Waals surface area (Å²) in [5, 5.41) is 0. The van der Waals surface area contributed by atoms with Crippen LogP contribution in [0.3, 0.4) is 0 Å². The van der Waals surface area contributed by atoms with Gasteiger partial charge in [0.05, 0.1) is 0 Å². The van der Waals surface area contributed by atoms with Gasteiger partial charge in [-0.05, 0) is 132 Å². The van der Waals surface area contributed by atoms with Gasteiger partial charge in [0.25, 0.3) is 0 Å². The zero-order valence-electron chi connectivity index (χ0n) is 35.7. The van der Waals surface area contributed by atoms with Crippen LogP contribution in [-0.2, 0) is 25.7 Å². The van der Waals surface area contributed by atoms with E-state index >= 15 is 0 Å². The van der Waals surface area contributed by atoms with Crippen molar-refractivity contribution in [1.29, 1.82) is 0 Å². The van der Waals surface area contributed by atoms with Crippen LogP contribution < -0.4 is 9.80 Å². The summed E-state index contributed by atoms with van der Waals surface area (Å²) in [4.78, 5) is 5.13. The maximum absolute atomic E-state index is 12.5. The van der Waals surface area contributed by atoms with Gasteiger partial charge in [0, 0.05) is 61.2 Å². The molecule has 3 rings (SSSR count). The van der Waals surface area contributed by atoms with Crippen molar-refractivity contribution in [3.8, 4) is 11.8 Å².